The molecule has 9 heteroatoms. The molecule has 4 rings (SSSR count). The summed E-state index contributed by atoms with van der Waals surface area (Å²) in [5.74, 6) is -1.95. The van der Waals surface area contributed by atoms with E-state index in [9.17, 15) is 19.5 Å². The van der Waals surface area contributed by atoms with Crippen molar-refractivity contribution in [1.29, 1.82) is 0 Å². The highest BCUT2D eigenvalue weighted by Gasteiger charge is 2.80. The Kier molecular flexibility index (Phi) is 9.20. The van der Waals surface area contributed by atoms with Gasteiger partial charge in [0.1, 0.15) is 17.4 Å². The van der Waals surface area contributed by atoms with Crippen LogP contribution in [0.2, 0.25) is 0 Å². The fourth-order valence-electron chi connectivity index (χ4n) is 7.62. The molecule has 3 aliphatic rings. The first kappa shape index (κ1) is 32.7. The Morgan fingerprint density at radius 3 is 2.30 bits per heavy atom. The van der Waals surface area contributed by atoms with Crippen LogP contribution in [0.25, 0.3) is 0 Å². The zero-order valence-corrected chi connectivity index (χ0v) is 26.8. The Hall–Kier alpha value is -3.17. The SMILES string of the molecule is C=CCN(C(=O)[C@@H]1[C@H]2C(=O)N([C@@H](CC)CO)C(C(=O)N(CC=C)C(C)(C)C)C23CC(C)[C@@]1(C)O3)c1ccc(OCC)cc1. The number of nitrogens with zero attached hydrogens (tertiary/aromatic N) is 3. The Bertz CT molecular complexity index is 1240. The molecule has 236 valence electrons. The van der Waals surface area contributed by atoms with Gasteiger partial charge in [0.15, 0.2) is 0 Å². The van der Waals surface area contributed by atoms with Gasteiger partial charge in [-0.1, -0.05) is 26.0 Å². The molecular formula is C34H49N3O6. The summed E-state index contributed by atoms with van der Waals surface area (Å²) >= 11 is 0. The van der Waals surface area contributed by atoms with Crippen LogP contribution in [0.4, 0.5) is 5.69 Å². The van der Waals surface area contributed by atoms with Gasteiger partial charge in [-0.15, -0.1) is 13.2 Å². The lowest BCUT2D eigenvalue weighted by atomic mass is 9.62. The second kappa shape index (κ2) is 12.1. The lowest BCUT2D eigenvalue weighted by molar-refractivity contribution is -0.158. The van der Waals surface area contributed by atoms with Gasteiger partial charge >= 0.3 is 0 Å². The van der Waals surface area contributed by atoms with Gasteiger partial charge in [0.2, 0.25) is 17.7 Å². The molecule has 3 amide bonds. The molecule has 7 atom stereocenters. The molecule has 3 heterocycles. The number of fused-ring (bicyclic) bond motifs is 1. The fourth-order valence-corrected chi connectivity index (χ4v) is 7.62. The molecule has 1 aromatic rings. The van der Waals surface area contributed by atoms with E-state index >= 15 is 0 Å². The van der Waals surface area contributed by atoms with E-state index in [2.05, 4.69) is 13.2 Å². The summed E-state index contributed by atoms with van der Waals surface area (Å²) in [6.07, 6.45) is 4.24. The number of hydrogen-bond donors (Lipinski definition) is 1. The van der Waals surface area contributed by atoms with Crippen LogP contribution in [0.1, 0.15) is 61.3 Å². The predicted molar refractivity (Wildman–Crippen MR) is 167 cm³/mol. The Labute approximate surface area is 256 Å². The first-order valence-electron chi connectivity index (χ1n) is 15.5. The molecular weight excluding hydrogens is 546 g/mol. The second-order valence-corrected chi connectivity index (χ2v) is 13.3. The number of hydrogen-bond acceptors (Lipinski definition) is 6. The van der Waals surface area contributed by atoms with Gasteiger partial charge in [-0.2, -0.15) is 0 Å². The van der Waals surface area contributed by atoms with Crippen molar-refractivity contribution in [2.24, 2.45) is 17.8 Å². The molecule has 1 N–H and O–H groups in total. The van der Waals surface area contributed by atoms with Crippen molar-refractivity contribution in [3.8, 4) is 5.75 Å². The van der Waals surface area contributed by atoms with Crippen molar-refractivity contribution < 1.29 is 29.0 Å². The van der Waals surface area contributed by atoms with E-state index in [1.54, 1.807) is 26.9 Å². The largest absolute Gasteiger partial charge is 0.494 e. The average Bonchev–Trinajstić information content (AvgIpc) is 3.47. The molecule has 0 aromatic heterocycles. The first-order valence-corrected chi connectivity index (χ1v) is 15.5. The van der Waals surface area contributed by atoms with Gasteiger partial charge in [-0.05, 0) is 77.6 Å². The van der Waals surface area contributed by atoms with Crippen LogP contribution in [0.3, 0.4) is 0 Å². The maximum atomic E-state index is 14.7. The number of aliphatic hydroxyl groups excluding tert-OH is 1. The van der Waals surface area contributed by atoms with Crippen LogP contribution in [0, 0.1) is 17.8 Å². The maximum Gasteiger partial charge on any atom is 0.249 e. The summed E-state index contributed by atoms with van der Waals surface area (Å²) in [7, 11) is 0. The number of carbonyl (C=O) groups excluding carboxylic acids is 3. The molecule has 3 aliphatic heterocycles. The number of amides is 3. The highest BCUT2D eigenvalue weighted by atomic mass is 16.5. The molecule has 0 saturated carbocycles. The Morgan fingerprint density at radius 2 is 1.79 bits per heavy atom. The lowest BCUT2D eigenvalue weighted by Crippen LogP contribution is -2.61. The van der Waals surface area contributed by atoms with Gasteiger partial charge in [0, 0.05) is 24.3 Å². The summed E-state index contributed by atoms with van der Waals surface area (Å²) in [6.45, 7) is 22.1. The van der Waals surface area contributed by atoms with E-state index < -0.39 is 40.7 Å². The summed E-state index contributed by atoms with van der Waals surface area (Å²) in [6, 6.07) is 5.71. The van der Waals surface area contributed by atoms with Crippen LogP contribution in [0.5, 0.6) is 5.75 Å². The minimum Gasteiger partial charge on any atom is -0.494 e. The van der Waals surface area contributed by atoms with Crippen LogP contribution in [-0.4, -0.2) is 87.8 Å². The number of benzene rings is 1. The second-order valence-electron chi connectivity index (χ2n) is 13.3. The zero-order valence-electron chi connectivity index (χ0n) is 26.8. The van der Waals surface area contributed by atoms with Crippen molar-refractivity contribution in [2.75, 3.05) is 31.2 Å². The highest BCUT2D eigenvalue weighted by Crippen LogP contribution is 2.66. The lowest BCUT2D eigenvalue weighted by Gasteiger charge is -2.43. The number of rotatable bonds is 12. The van der Waals surface area contributed by atoms with Crippen molar-refractivity contribution in [3.05, 3.63) is 49.6 Å². The standard InChI is InChI=1S/C34H49N3O6/c1-10-18-35(24-14-16-25(17-15-24)42-13-4)29(39)26-27-30(40)37(23(12-3)21-38)28(31(41)36(19-11-2)32(6,7)8)34(27)20-22(5)33(26,9)43-34/h10-11,14-17,22-23,26-28,38H,1-2,12-13,18-21H2,3-9H3/t22?,23-,26-,27-,28?,33+,34?/m0/s1. The number of ether oxygens (including phenoxy) is 2. The molecule has 0 aliphatic carbocycles. The van der Waals surface area contributed by atoms with Crippen molar-refractivity contribution >= 4 is 23.4 Å². The summed E-state index contributed by atoms with van der Waals surface area (Å²) in [5, 5.41) is 10.4. The van der Waals surface area contributed by atoms with Crippen LogP contribution in [-0.2, 0) is 19.1 Å². The maximum absolute atomic E-state index is 14.7. The molecule has 3 unspecified atom stereocenters. The van der Waals surface area contributed by atoms with E-state index in [0.29, 0.717) is 30.9 Å². The third-order valence-electron chi connectivity index (χ3n) is 9.75. The number of aliphatic hydroxyl groups is 1. The van der Waals surface area contributed by atoms with Gasteiger partial charge in [0.25, 0.3) is 0 Å². The summed E-state index contributed by atoms with van der Waals surface area (Å²) in [5.41, 5.74) is -2.10. The molecule has 9 nitrogen and oxygen atoms in total. The topological polar surface area (TPSA) is 99.6 Å². The van der Waals surface area contributed by atoms with E-state index in [1.807, 2.05) is 72.7 Å². The normalized spacial score (nSPS) is 30.1. The van der Waals surface area contributed by atoms with Gasteiger partial charge in [0.05, 0.1) is 36.7 Å². The zero-order chi connectivity index (χ0) is 31.9. The number of anilines is 1. The predicted octanol–water partition coefficient (Wildman–Crippen LogP) is 4.20. The Morgan fingerprint density at radius 1 is 1.16 bits per heavy atom. The number of carbonyl (C=O) groups is 3. The van der Waals surface area contributed by atoms with Gasteiger partial charge in [-0.3, -0.25) is 14.4 Å². The monoisotopic (exact) mass is 595 g/mol. The van der Waals surface area contributed by atoms with Crippen LogP contribution < -0.4 is 9.64 Å². The van der Waals surface area contributed by atoms with E-state index in [4.69, 9.17) is 9.47 Å². The Balaban J connectivity index is 1.85. The minimum atomic E-state index is -1.21. The van der Waals surface area contributed by atoms with Crippen molar-refractivity contribution in [3.63, 3.8) is 0 Å². The van der Waals surface area contributed by atoms with Crippen molar-refractivity contribution in [1.82, 2.24) is 9.80 Å². The molecule has 0 radical (unpaired) electrons. The van der Waals surface area contributed by atoms with Crippen LogP contribution in [0.15, 0.2) is 49.6 Å². The van der Waals surface area contributed by atoms with E-state index in [-0.39, 0.29) is 43.3 Å². The molecule has 1 aromatic carbocycles. The van der Waals surface area contributed by atoms with E-state index in [1.165, 1.54) is 0 Å². The minimum absolute atomic E-state index is 0.108. The molecule has 43 heavy (non-hydrogen) atoms. The molecule has 2 bridgehead atoms. The van der Waals surface area contributed by atoms with Gasteiger partial charge in [-0.25, -0.2) is 0 Å². The molecule has 3 saturated heterocycles. The smallest absolute Gasteiger partial charge is 0.249 e. The fraction of sp³-hybridized carbons (Fsp3) is 0.618. The quantitative estimate of drug-likeness (QED) is 0.364. The van der Waals surface area contributed by atoms with E-state index in [0.717, 1.165) is 0 Å². The van der Waals surface area contributed by atoms with Crippen molar-refractivity contribution in [2.45, 2.75) is 90.1 Å². The third kappa shape index (κ3) is 5.18. The first-order chi connectivity index (χ1) is 20.3. The van der Waals surface area contributed by atoms with Crippen LogP contribution >= 0.6 is 0 Å². The summed E-state index contributed by atoms with van der Waals surface area (Å²) in [4.78, 5) is 48.8. The number of likely N-dealkylation sites (tertiary alicyclic amines) is 1. The molecule has 1 spiro atoms. The average molecular weight is 596 g/mol. The third-order valence-corrected chi connectivity index (χ3v) is 9.75. The highest BCUT2D eigenvalue weighted by molar-refractivity contribution is 6.03. The molecule has 3 fully saturated rings. The summed E-state index contributed by atoms with van der Waals surface area (Å²) < 4.78 is 12.5. The van der Waals surface area contributed by atoms with Gasteiger partial charge < -0.3 is 29.3 Å².